The smallest absolute Gasteiger partial charge is 0.408 e. The summed E-state index contributed by atoms with van der Waals surface area (Å²) in [4.78, 5) is 27.3. The number of fused-ring (bicyclic) bond motifs is 1. The van der Waals surface area contributed by atoms with Gasteiger partial charge in [0.15, 0.2) is 5.58 Å². The lowest BCUT2D eigenvalue weighted by atomic mass is 10.2. The zero-order valence-electron chi connectivity index (χ0n) is 15.1. The molecule has 4 rings (SSSR count). The van der Waals surface area contributed by atoms with Crippen LogP contribution in [0.25, 0.3) is 11.1 Å². The van der Waals surface area contributed by atoms with Gasteiger partial charge in [-0.05, 0) is 50.6 Å². The Kier molecular flexibility index (Phi) is 4.08. The highest BCUT2D eigenvalue weighted by Crippen LogP contribution is 2.23. The number of rotatable bonds is 4. The van der Waals surface area contributed by atoms with Crippen molar-refractivity contribution in [2.45, 2.75) is 20.8 Å². The Bertz CT molecular complexity index is 1190. The molecular weight excluding hydrogens is 344 g/mol. The molecular formula is C19H18N6O2. The van der Waals surface area contributed by atoms with Crippen LogP contribution in [0.4, 0.5) is 23.3 Å². The quantitative estimate of drug-likeness (QED) is 0.507. The standard InChI is InChI=1S/C19H18N6O2/c1-10-4-7-16(21-12(10)3)24-18-20-9-11(2)17(25-18)22-13-5-6-15-14(8-13)23-19(26)27-15/h4-9H,1-3H3,(H,23,26)(H2,20,21,22,24,25). The molecule has 0 atom stereocenters. The van der Waals surface area contributed by atoms with E-state index in [4.69, 9.17) is 4.42 Å². The molecule has 0 radical (unpaired) electrons. The van der Waals surface area contributed by atoms with E-state index in [-0.39, 0.29) is 0 Å². The van der Waals surface area contributed by atoms with Gasteiger partial charge in [-0.1, -0.05) is 6.07 Å². The van der Waals surface area contributed by atoms with E-state index in [0.29, 0.717) is 28.7 Å². The summed E-state index contributed by atoms with van der Waals surface area (Å²) in [7, 11) is 0. The summed E-state index contributed by atoms with van der Waals surface area (Å²) in [6.45, 7) is 5.89. The topological polar surface area (TPSA) is 109 Å². The Balaban J connectivity index is 1.61. The van der Waals surface area contributed by atoms with Gasteiger partial charge in [-0.2, -0.15) is 4.98 Å². The first-order valence-corrected chi connectivity index (χ1v) is 8.43. The Labute approximate surface area is 154 Å². The number of anilines is 4. The van der Waals surface area contributed by atoms with E-state index in [0.717, 1.165) is 22.5 Å². The molecule has 1 aromatic carbocycles. The number of oxazole rings is 1. The maximum Gasteiger partial charge on any atom is 0.417 e. The number of aryl methyl sites for hydroxylation is 3. The number of aromatic nitrogens is 4. The second-order valence-corrected chi connectivity index (χ2v) is 6.30. The molecule has 0 aliphatic carbocycles. The maximum absolute atomic E-state index is 11.3. The predicted molar refractivity (Wildman–Crippen MR) is 104 cm³/mol. The second kappa shape index (κ2) is 6.56. The van der Waals surface area contributed by atoms with Gasteiger partial charge >= 0.3 is 5.76 Å². The van der Waals surface area contributed by atoms with E-state index >= 15 is 0 Å². The molecule has 0 fully saturated rings. The van der Waals surface area contributed by atoms with Gasteiger partial charge in [0.25, 0.3) is 0 Å². The number of aromatic amines is 1. The van der Waals surface area contributed by atoms with Gasteiger partial charge in [-0.15, -0.1) is 0 Å². The lowest BCUT2D eigenvalue weighted by Crippen LogP contribution is -2.04. The van der Waals surface area contributed by atoms with Crippen LogP contribution in [0, 0.1) is 20.8 Å². The van der Waals surface area contributed by atoms with Crippen LogP contribution < -0.4 is 16.4 Å². The van der Waals surface area contributed by atoms with Crippen LogP contribution in [-0.4, -0.2) is 19.9 Å². The summed E-state index contributed by atoms with van der Waals surface area (Å²) in [5.41, 5.74) is 4.86. The number of nitrogens with zero attached hydrogens (tertiary/aromatic N) is 3. The van der Waals surface area contributed by atoms with Gasteiger partial charge in [-0.3, -0.25) is 4.98 Å². The summed E-state index contributed by atoms with van der Waals surface area (Å²) in [6.07, 6.45) is 1.73. The van der Waals surface area contributed by atoms with Crippen LogP contribution >= 0.6 is 0 Å². The van der Waals surface area contributed by atoms with E-state index in [1.54, 1.807) is 18.3 Å². The minimum atomic E-state index is -0.479. The molecule has 0 aliphatic heterocycles. The Morgan fingerprint density at radius 1 is 1.00 bits per heavy atom. The van der Waals surface area contributed by atoms with Crippen LogP contribution in [0.5, 0.6) is 0 Å². The molecule has 0 saturated heterocycles. The van der Waals surface area contributed by atoms with E-state index in [2.05, 4.69) is 30.6 Å². The van der Waals surface area contributed by atoms with Crippen LogP contribution in [-0.2, 0) is 0 Å². The van der Waals surface area contributed by atoms with Crippen molar-refractivity contribution < 1.29 is 4.42 Å². The average molecular weight is 362 g/mol. The molecule has 3 heterocycles. The molecule has 0 unspecified atom stereocenters. The first-order valence-electron chi connectivity index (χ1n) is 8.43. The lowest BCUT2D eigenvalue weighted by Gasteiger charge is -2.11. The lowest BCUT2D eigenvalue weighted by molar-refractivity contribution is 0.555. The highest BCUT2D eigenvalue weighted by atomic mass is 16.4. The summed E-state index contributed by atoms with van der Waals surface area (Å²) in [5.74, 6) is 1.30. The van der Waals surface area contributed by atoms with Gasteiger partial charge in [0.05, 0.1) is 5.52 Å². The normalized spacial score (nSPS) is 10.9. The fourth-order valence-electron chi connectivity index (χ4n) is 2.61. The molecule has 3 aromatic heterocycles. The first-order chi connectivity index (χ1) is 13.0. The van der Waals surface area contributed by atoms with Gasteiger partial charge in [0.2, 0.25) is 5.95 Å². The Morgan fingerprint density at radius 2 is 1.85 bits per heavy atom. The Morgan fingerprint density at radius 3 is 2.67 bits per heavy atom. The molecule has 8 nitrogen and oxygen atoms in total. The number of nitrogens with one attached hydrogen (secondary N) is 3. The molecule has 0 saturated carbocycles. The number of H-pyrrole nitrogens is 1. The summed E-state index contributed by atoms with van der Waals surface area (Å²) >= 11 is 0. The van der Waals surface area contributed by atoms with Gasteiger partial charge in [0.1, 0.15) is 11.6 Å². The third kappa shape index (κ3) is 3.50. The van der Waals surface area contributed by atoms with Crippen molar-refractivity contribution in [1.29, 1.82) is 0 Å². The predicted octanol–water partition coefficient (Wildman–Crippen LogP) is 3.72. The molecule has 8 heteroatoms. The third-order valence-electron chi connectivity index (χ3n) is 4.24. The van der Waals surface area contributed by atoms with Crippen LogP contribution in [0.15, 0.2) is 45.7 Å². The van der Waals surface area contributed by atoms with Gasteiger partial charge < -0.3 is 15.1 Å². The Hall–Kier alpha value is -3.68. The minimum absolute atomic E-state index is 0.441. The zero-order chi connectivity index (χ0) is 19.0. The number of benzene rings is 1. The fourth-order valence-corrected chi connectivity index (χ4v) is 2.61. The molecule has 0 aliphatic rings. The molecule has 0 spiro atoms. The minimum Gasteiger partial charge on any atom is -0.408 e. The van der Waals surface area contributed by atoms with E-state index < -0.39 is 5.76 Å². The molecule has 4 aromatic rings. The first kappa shape index (κ1) is 16.8. The number of hydrogen-bond donors (Lipinski definition) is 3. The second-order valence-electron chi connectivity index (χ2n) is 6.30. The van der Waals surface area contributed by atoms with Crippen molar-refractivity contribution in [3.05, 3.63) is 63.9 Å². The highest BCUT2D eigenvalue weighted by Gasteiger charge is 2.08. The van der Waals surface area contributed by atoms with Crippen molar-refractivity contribution in [2.24, 2.45) is 0 Å². The average Bonchev–Trinajstić information content (AvgIpc) is 3.00. The van der Waals surface area contributed by atoms with Crippen LogP contribution in [0.1, 0.15) is 16.8 Å². The zero-order valence-corrected chi connectivity index (χ0v) is 15.1. The van der Waals surface area contributed by atoms with Crippen molar-refractivity contribution in [3.63, 3.8) is 0 Å². The van der Waals surface area contributed by atoms with Gasteiger partial charge in [-0.25, -0.2) is 14.8 Å². The summed E-state index contributed by atoms with van der Waals surface area (Å²) < 4.78 is 5.02. The van der Waals surface area contributed by atoms with Crippen molar-refractivity contribution >= 4 is 34.4 Å². The summed E-state index contributed by atoms with van der Waals surface area (Å²) in [5, 5.41) is 6.37. The van der Waals surface area contributed by atoms with Crippen LogP contribution in [0.3, 0.4) is 0 Å². The van der Waals surface area contributed by atoms with Crippen molar-refractivity contribution in [2.75, 3.05) is 10.6 Å². The molecule has 0 bridgehead atoms. The number of pyridine rings is 1. The van der Waals surface area contributed by atoms with E-state index in [9.17, 15) is 4.79 Å². The third-order valence-corrected chi connectivity index (χ3v) is 4.24. The van der Waals surface area contributed by atoms with Crippen molar-refractivity contribution in [3.8, 4) is 0 Å². The monoisotopic (exact) mass is 362 g/mol. The largest absolute Gasteiger partial charge is 0.417 e. The molecule has 3 N–H and O–H groups in total. The van der Waals surface area contributed by atoms with Gasteiger partial charge in [0, 0.05) is 23.1 Å². The number of hydrogen-bond acceptors (Lipinski definition) is 7. The summed E-state index contributed by atoms with van der Waals surface area (Å²) in [6, 6.07) is 9.23. The SMILES string of the molecule is Cc1ccc(Nc2ncc(C)c(Nc3ccc4oc(=O)[nH]c4c3)n2)nc1C. The highest BCUT2D eigenvalue weighted by molar-refractivity contribution is 5.78. The molecule has 136 valence electrons. The maximum atomic E-state index is 11.3. The van der Waals surface area contributed by atoms with Crippen LogP contribution in [0.2, 0.25) is 0 Å². The van der Waals surface area contributed by atoms with E-state index in [1.807, 2.05) is 39.0 Å². The fraction of sp³-hybridized carbons (Fsp3) is 0.158. The molecule has 27 heavy (non-hydrogen) atoms. The van der Waals surface area contributed by atoms with E-state index in [1.165, 1.54) is 0 Å². The van der Waals surface area contributed by atoms with Crippen molar-refractivity contribution in [1.82, 2.24) is 19.9 Å². The molecule has 0 amide bonds.